The number of halogens is 2. The number of benzene rings is 1. The van der Waals surface area contributed by atoms with Crippen molar-refractivity contribution in [2.75, 3.05) is 5.75 Å². The van der Waals surface area contributed by atoms with Crippen molar-refractivity contribution in [3.8, 4) is 17.4 Å². The lowest BCUT2D eigenvalue weighted by molar-refractivity contribution is -0.144. The Kier molecular flexibility index (Phi) is 6.81. The molecule has 154 valence electrons. The van der Waals surface area contributed by atoms with Crippen LogP contribution in [0.5, 0.6) is 17.4 Å². The lowest BCUT2D eigenvalue weighted by Gasteiger charge is -2.15. The van der Waals surface area contributed by atoms with Gasteiger partial charge in [0, 0.05) is 18.7 Å². The summed E-state index contributed by atoms with van der Waals surface area (Å²) in [6.45, 7) is 3.06. The fraction of sp³-hybridized carbons (Fsp3) is 0.375. The molecule has 28 heavy (non-hydrogen) atoms. The lowest BCUT2D eigenvalue weighted by atomic mass is 10.2. The Morgan fingerprint density at radius 3 is 2.50 bits per heavy atom. The number of aromatic nitrogens is 2. The molecule has 0 fully saturated rings. The number of rotatable bonds is 8. The molecular formula is C16H19Cl2N3O6S. The van der Waals surface area contributed by atoms with E-state index >= 15 is 0 Å². The molecule has 0 aliphatic rings. The molecular weight excluding hydrogens is 433 g/mol. The predicted octanol–water partition coefficient (Wildman–Crippen LogP) is 2.51. The van der Waals surface area contributed by atoms with E-state index in [1.54, 1.807) is 14.0 Å². The molecule has 9 nitrogen and oxygen atoms in total. The molecule has 1 aromatic carbocycles. The lowest BCUT2D eigenvalue weighted by Crippen LogP contribution is -2.23. The quantitative estimate of drug-likeness (QED) is 0.629. The second-order valence-electron chi connectivity index (χ2n) is 6.02. The maximum absolute atomic E-state index is 11.3. The molecule has 0 aliphatic heterocycles. The molecule has 0 unspecified atom stereocenters. The number of primary sulfonamides is 1. The predicted molar refractivity (Wildman–Crippen MR) is 104 cm³/mol. The van der Waals surface area contributed by atoms with Crippen LogP contribution in [-0.2, 0) is 28.3 Å². The average molecular weight is 452 g/mol. The van der Waals surface area contributed by atoms with E-state index in [4.69, 9.17) is 42.9 Å². The van der Waals surface area contributed by atoms with Crippen LogP contribution in [0.2, 0.25) is 10.0 Å². The van der Waals surface area contributed by atoms with Gasteiger partial charge in [0.25, 0.3) is 0 Å². The van der Waals surface area contributed by atoms with E-state index in [0.29, 0.717) is 11.3 Å². The zero-order valence-electron chi connectivity index (χ0n) is 15.3. The van der Waals surface area contributed by atoms with Gasteiger partial charge in [-0.1, -0.05) is 23.2 Å². The maximum atomic E-state index is 11.3. The van der Waals surface area contributed by atoms with E-state index in [1.807, 2.05) is 0 Å². The minimum absolute atomic E-state index is 0.0703. The molecule has 0 radical (unpaired) electrons. The number of carbonyl (C=O) groups is 1. The van der Waals surface area contributed by atoms with Gasteiger partial charge in [-0.2, -0.15) is 5.10 Å². The summed E-state index contributed by atoms with van der Waals surface area (Å²) in [5, 5.41) is 18.6. The molecule has 12 heteroatoms. The molecule has 0 bridgehead atoms. The van der Waals surface area contributed by atoms with E-state index in [0.717, 1.165) is 0 Å². The number of carboxylic acid groups (broad SMARTS) is 1. The normalized spacial score (nSPS) is 12.6. The maximum Gasteiger partial charge on any atom is 0.344 e. The zero-order valence-corrected chi connectivity index (χ0v) is 17.6. The third-order valence-corrected chi connectivity index (χ3v) is 5.13. The van der Waals surface area contributed by atoms with Gasteiger partial charge in [-0.15, -0.1) is 0 Å². The van der Waals surface area contributed by atoms with Crippen molar-refractivity contribution in [3.63, 3.8) is 0 Å². The van der Waals surface area contributed by atoms with Gasteiger partial charge in [0.05, 0.1) is 21.5 Å². The summed E-state index contributed by atoms with van der Waals surface area (Å²) in [6.07, 6.45) is -1.05. The highest BCUT2D eigenvalue weighted by Gasteiger charge is 2.21. The fourth-order valence-electron chi connectivity index (χ4n) is 2.36. The molecule has 1 aromatic heterocycles. The van der Waals surface area contributed by atoms with Gasteiger partial charge in [0.15, 0.2) is 11.9 Å². The van der Waals surface area contributed by atoms with Crippen molar-refractivity contribution in [1.29, 1.82) is 0 Å². The number of hydrogen-bond acceptors (Lipinski definition) is 6. The minimum atomic E-state index is -3.67. The molecule has 0 amide bonds. The highest BCUT2D eigenvalue weighted by molar-refractivity contribution is 7.89. The molecule has 2 aromatic rings. The van der Waals surface area contributed by atoms with Crippen LogP contribution in [0.15, 0.2) is 12.1 Å². The third kappa shape index (κ3) is 5.51. The van der Waals surface area contributed by atoms with Crippen molar-refractivity contribution in [2.24, 2.45) is 12.2 Å². The van der Waals surface area contributed by atoms with Gasteiger partial charge >= 0.3 is 5.97 Å². The van der Waals surface area contributed by atoms with Crippen molar-refractivity contribution < 1.29 is 27.8 Å². The third-order valence-electron chi connectivity index (χ3n) is 3.77. The molecule has 0 aliphatic carbocycles. The first kappa shape index (κ1) is 22.3. The van der Waals surface area contributed by atoms with Gasteiger partial charge in [0.1, 0.15) is 5.75 Å². The van der Waals surface area contributed by atoms with Crippen LogP contribution in [0.3, 0.4) is 0 Å². The van der Waals surface area contributed by atoms with Gasteiger partial charge in [-0.3, -0.25) is 0 Å². The van der Waals surface area contributed by atoms with E-state index in [2.05, 4.69) is 5.10 Å². The molecule has 2 rings (SSSR count). The van der Waals surface area contributed by atoms with E-state index in [1.165, 1.54) is 23.7 Å². The summed E-state index contributed by atoms with van der Waals surface area (Å²) in [5.41, 5.74) is 1.12. The van der Waals surface area contributed by atoms with E-state index in [-0.39, 0.29) is 39.6 Å². The molecule has 0 spiro atoms. The smallest absolute Gasteiger partial charge is 0.344 e. The number of aryl methyl sites for hydroxylation is 2. The summed E-state index contributed by atoms with van der Waals surface area (Å²) >= 11 is 12.2. The monoisotopic (exact) mass is 451 g/mol. The summed E-state index contributed by atoms with van der Waals surface area (Å²) in [6, 6.07) is 2.71. The van der Waals surface area contributed by atoms with Crippen LogP contribution in [0.1, 0.15) is 18.2 Å². The topological polar surface area (TPSA) is 134 Å². The Balaban J connectivity index is 2.39. The molecule has 0 saturated heterocycles. The minimum Gasteiger partial charge on any atom is -0.479 e. The zero-order chi connectivity index (χ0) is 21.2. The Morgan fingerprint density at radius 2 is 1.93 bits per heavy atom. The Morgan fingerprint density at radius 1 is 1.32 bits per heavy atom. The second kappa shape index (κ2) is 8.56. The van der Waals surface area contributed by atoms with Crippen LogP contribution < -0.4 is 14.6 Å². The summed E-state index contributed by atoms with van der Waals surface area (Å²) in [4.78, 5) is 11.0. The SMILES string of the molecule is Cc1nn(C)c(Oc2cc(O[C@@H](C)C(=O)O)c(Cl)cc2Cl)c1CCS(N)(=O)=O. The number of hydrogen-bond donors (Lipinski definition) is 2. The van der Waals surface area contributed by atoms with E-state index < -0.39 is 22.1 Å². The van der Waals surface area contributed by atoms with Gasteiger partial charge < -0.3 is 14.6 Å². The molecule has 1 heterocycles. The first-order valence-corrected chi connectivity index (χ1v) is 10.5. The highest BCUT2D eigenvalue weighted by Crippen LogP contribution is 2.39. The molecule has 1 atom stereocenters. The summed E-state index contributed by atoms with van der Waals surface area (Å²) < 4.78 is 35.2. The van der Waals surface area contributed by atoms with Crippen LogP contribution in [0, 0.1) is 6.92 Å². The van der Waals surface area contributed by atoms with Gasteiger partial charge in [-0.25, -0.2) is 23.0 Å². The fourth-order valence-corrected chi connectivity index (χ4v) is 3.32. The molecule has 0 saturated carbocycles. The largest absolute Gasteiger partial charge is 0.479 e. The van der Waals surface area contributed by atoms with Gasteiger partial charge in [0.2, 0.25) is 15.9 Å². The van der Waals surface area contributed by atoms with Crippen LogP contribution in [0.4, 0.5) is 0 Å². The van der Waals surface area contributed by atoms with Crippen molar-refractivity contribution in [3.05, 3.63) is 33.4 Å². The standard InChI is InChI=1S/C16H19Cl2N3O6S/c1-8-10(4-5-28(19,24)25)15(21(3)20-8)27-14-7-13(11(17)6-12(14)18)26-9(2)16(22)23/h6-7,9H,4-5H2,1-3H3,(H,22,23)(H2,19,24,25)/t9-/m0/s1. The van der Waals surface area contributed by atoms with Crippen LogP contribution in [0.25, 0.3) is 0 Å². The van der Waals surface area contributed by atoms with Crippen molar-refractivity contribution in [2.45, 2.75) is 26.4 Å². The van der Waals surface area contributed by atoms with E-state index in [9.17, 15) is 13.2 Å². The Labute approximate surface area is 172 Å². The highest BCUT2D eigenvalue weighted by atomic mass is 35.5. The number of nitrogens with zero attached hydrogens (tertiary/aromatic N) is 2. The number of ether oxygens (including phenoxy) is 2. The number of carboxylic acids is 1. The number of aliphatic carboxylic acids is 1. The molecule has 3 N–H and O–H groups in total. The van der Waals surface area contributed by atoms with Crippen molar-refractivity contribution >= 4 is 39.2 Å². The first-order chi connectivity index (χ1) is 12.9. The Bertz CT molecular complexity index is 1010. The Hall–Kier alpha value is -2.01. The number of sulfonamides is 1. The average Bonchev–Trinajstić information content (AvgIpc) is 2.82. The number of nitrogens with two attached hydrogens (primary N) is 1. The van der Waals surface area contributed by atoms with Crippen LogP contribution in [-0.4, -0.2) is 41.1 Å². The summed E-state index contributed by atoms with van der Waals surface area (Å²) in [5.74, 6) is -0.975. The van der Waals surface area contributed by atoms with Crippen molar-refractivity contribution in [1.82, 2.24) is 9.78 Å². The summed E-state index contributed by atoms with van der Waals surface area (Å²) in [7, 11) is -2.05. The second-order valence-corrected chi connectivity index (χ2v) is 8.57. The first-order valence-electron chi connectivity index (χ1n) is 7.98. The van der Waals surface area contributed by atoms with Crippen LogP contribution >= 0.6 is 23.2 Å². The van der Waals surface area contributed by atoms with Gasteiger partial charge in [-0.05, 0) is 26.3 Å².